The maximum absolute atomic E-state index is 11.7. The molecule has 1 heterocycles. The van der Waals surface area contributed by atoms with E-state index in [0.29, 0.717) is 17.7 Å². The number of hydrogen-bond donors (Lipinski definition) is 2. The van der Waals surface area contributed by atoms with Gasteiger partial charge in [-0.25, -0.2) is 0 Å². The fourth-order valence-electron chi connectivity index (χ4n) is 1.97. The SMILES string of the molecule is CC(C)NC(=O)CCn1c(=S)[nH]c2cc(Br)ccc21. The van der Waals surface area contributed by atoms with Gasteiger partial charge in [0.1, 0.15) is 0 Å². The van der Waals surface area contributed by atoms with Gasteiger partial charge >= 0.3 is 0 Å². The van der Waals surface area contributed by atoms with Gasteiger partial charge in [0.25, 0.3) is 0 Å². The van der Waals surface area contributed by atoms with Crippen LogP contribution in [-0.2, 0) is 11.3 Å². The summed E-state index contributed by atoms with van der Waals surface area (Å²) in [7, 11) is 0. The van der Waals surface area contributed by atoms with E-state index in [1.807, 2.05) is 36.6 Å². The molecule has 6 heteroatoms. The van der Waals surface area contributed by atoms with Gasteiger partial charge in [0.2, 0.25) is 5.91 Å². The minimum atomic E-state index is 0.0448. The monoisotopic (exact) mass is 341 g/mol. The molecule has 1 aromatic carbocycles. The summed E-state index contributed by atoms with van der Waals surface area (Å²) in [5.74, 6) is 0.0448. The van der Waals surface area contributed by atoms with Crippen molar-refractivity contribution in [2.24, 2.45) is 0 Å². The zero-order valence-corrected chi connectivity index (χ0v) is 13.3. The van der Waals surface area contributed by atoms with Gasteiger partial charge in [-0.3, -0.25) is 4.79 Å². The van der Waals surface area contributed by atoms with Crippen LogP contribution >= 0.6 is 28.1 Å². The number of rotatable bonds is 4. The first-order chi connectivity index (χ1) is 8.97. The summed E-state index contributed by atoms with van der Waals surface area (Å²) in [6.07, 6.45) is 0.426. The van der Waals surface area contributed by atoms with E-state index in [9.17, 15) is 4.79 Å². The van der Waals surface area contributed by atoms with Crippen molar-refractivity contribution in [2.45, 2.75) is 32.9 Å². The standard InChI is InChI=1S/C13H16BrN3OS/c1-8(2)15-12(18)5-6-17-11-4-3-9(14)7-10(11)16-13(17)19/h3-4,7-8H,5-6H2,1-2H3,(H,15,18)(H,16,19). The van der Waals surface area contributed by atoms with Crippen LogP contribution in [0.1, 0.15) is 20.3 Å². The number of amides is 1. The molecule has 2 aromatic rings. The van der Waals surface area contributed by atoms with E-state index in [1.54, 1.807) is 0 Å². The van der Waals surface area contributed by atoms with Crippen LogP contribution < -0.4 is 5.32 Å². The molecule has 0 bridgehead atoms. The number of carbonyl (C=O) groups excluding carboxylic acids is 1. The molecule has 4 nitrogen and oxygen atoms in total. The second-order valence-corrected chi connectivity index (χ2v) is 6.02. The number of fused-ring (bicyclic) bond motifs is 1. The maximum Gasteiger partial charge on any atom is 0.221 e. The van der Waals surface area contributed by atoms with E-state index in [4.69, 9.17) is 12.2 Å². The van der Waals surface area contributed by atoms with Crippen LogP contribution in [0, 0.1) is 4.77 Å². The molecule has 0 spiro atoms. The van der Waals surface area contributed by atoms with Crippen molar-refractivity contribution >= 4 is 45.1 Å². The Labute approximate surface area is 125 Å². The van der Waals surface area contributed by atoms with Gasteiger partial charge < -0.3 is 14.9 Å². The molecule has 0 radical (unpaired) electrons. The number of carbonyl (C=O) groups is 1. The highest BCUT2D eigenvalue weighted by atomic mass is 79.9. The van der Waals surface area contributed by atoms with Crippen LogP contribution in [0.2, 0.25) is 0 Å². The summed E-state index contributed by atoms with van der Waals surface area (Å²) in [6, 6.07) is 6.11. The van der Waals surface area contributed by atoms with Gasteiger partial charge in [-0.2, -0.15) is 0 Å². The minimum absolute atomic E-state index is 0.0448. The number of aromatic amines is 1. The summed E-state index contributed by atoms with van der Waals surface area (Å²) >= 11 is 8.72. The predicted octanol–water partition coefficient (Wildman–Crippen LogP) is 3.38. The average Bonchev–Trinajstić information content (AvgIpc) is 2.60. The molecule has 19 heavy (non-hydrogen) atoms. The fraction of sp³-hybridized carbons (Fsp3) is 0.385. The smallest absolute Gasteiger partial charge is 0.221 e. The second-order valence-electron chi connectivity index (χ2n) is 4.72. The Morgan fingerprint density at radius 1 is 1.53 bits per heavy atom. The lowest BCUT2D eigenvalue weighted by Crippen LogP contribution is -2.30. The molecule has 0 aliphatic carbocycles. The normalized spacial score (nSPS) is 11.2. The van der Waals surface area contributed by atoms with E-state index in [2.05, 4.69) is 26.2 Å². The van der Waals surface area contributed by atoms with Crippen molar-refractivity contribution < 1.29 is 4.79 Å². The number of aryl methyl sites for hydroxylation is 1. The number of hydrogen-bond acceptors (Lipinski definition) is 2. The number of nitrogens with one attached hydrogen (secondary N) is 2. The molecule has 0 unspecified atom stereocenters. The number of aromatic nitrogens is 2. The van der Waals surface area contributed by atoms with Crippen LogP contribution in [0.15, 0.2) is 22.7 Å². The highest BCUT2D eigenvalue weighted by Crippen LogP contribution is 2.19. The van der Waals surface area contributed by atoms with Crippen LogP contribution in [0.3, 0.4) is 0 Å². The Kier molecular flexibility index (Phi) is 4.42. The molecule has 1 aromatic heterocycles. The predicted molar refractivity (Wildman–Crippen MR) is 82.7 cm³/mol. The van der Waals surface area contributed by atoms with Gasteiger partial charge in [0, 0.05) is 23.5 Å². The van der Waals surface area contributed by atoms with Crippen molar-refractivity contribution in [3.63, 3.8) is 0 Å². The van der Waals surface area contributed by atoms with Crippen molar-refractivity contribution in [3.05, 3.63) is 27.4 Å². The number of halogens is 1. The average molecular weight is 342 g/mol. The first kappa shape index (κ1) is 14.3. The number of H-pyrrole nitrogens is 1. The summed E-state index contributed by atoms with van der Waals surface area (Å²) in [5.41, 5.74) is 1.99. The summed E-state index contributed by atoms with van der Waals surface area (Å²) in [6.45, 7) is 4.48. The van der Waals surface area contributed by atoms with E-state index in [-0.39, 0.29) is 11.9 Å². The Hall–Kier alpha value is -1.14. The van der Waals surface area contributed by atoms with Crippen LogP contribution in [0.25, 0.3) is 11.0 Å². The van der Waals surface area contributed by atoms with Crippen molar-refractivity contribution in [2.75, 3.05) is 0 Å². The Morgan fingerprint density at radius 2 is 2.26 bits per heavy atom. The fourth-order valence-corrected chi connectivity index (χ4v) is 2.63. The first-order valence-electron chi connectivity index (χ1n) is 6.15. The van der Waals surface area contributed by atoms with E-state index in [0.717, 1.165) is 15.5 Å². The van der Waals surface area contributed by atoms with Gasteiger partial charge in [0.15, 0.2) is 4.77 Å². The second kappa shape index (κ2) is 5.88. The Morgan fingerprint density at radius 3 is 2.95 bits per heavy atom. The van der Waals surface area contributed by atoms with Gasteiger partial charge in [-0.05, 0) is 44.3 Å². The largest absolute Gasteiger partial charge is 0.354 e. The molecule has 2 rings (SSSR count). The van der Waals surface area contributed by atoms with Crippen molar-refractivity contribution in [1.82, 2.24) is 14.9 Å². The van der Waals surface area contributed by atoms with Crippen LogP contribution in [0.4, 0.5) is 0 Å². The maximum atomic E-state index is 11.7. The number of benzene rings is 1. The van der Waals surface area contributed by atoms with Crippen molar-refractivity contribution in [3.8, 4) is 0 Å². The highest BCUT2D eigenvalue weighted by molar-refractivity contribution is 9.10. The molecular formula is C13H16BrN3OS. The summed E-state index contributed by atoms with van der Waals surface area (Å²) in [5, 5.41) is 2.88. The Bertz CT molecular complexity index is 659. The molecule has 102 valence electrons. The minimum Gasteiger partial charge on any atom is -0.354 e. The topological polar surface area (TPSA) is 49.8 Å². The summed E-state index contributed by atoms with van der Waals surface area (Å²) < 4.78 is 3.60. The summed E-state index contributed by atoms with van der Waals surface area (Å²) in [4.78, 5) is 14.8. The zero-order chi connectivity index (χ0) is 14.0. The lowest BCUT2D eigenvalue weighted by atomic mass is 10.3. The van der Waals surface area contributed by atoms with E-state index < -0.39 is 0 Å². The highest BCUT2D eigenvalue weighted by Gasteiger charge is 2.08. The number of imidazole rings is 1. The third-order valence-corrected chi connectivity index (χ3v) is 3.56. The molecule has 0 saturated heterocycles. The molecule has 0 aliphatic heterocycles. The third-order valence-electron chi connectivity index (χ3n) is 2.75. The quantitative estimate of drug-likeness (QED) is 0.837. The zero-order valence-electron chi connectivity index (χ0n) is 10.9. The molecule has 0 atom stereocenters. The lowest BCUT2D eigenvalue weighted by Gasteiger charge is -2.09. The lowest BCUT2D eigenvalue weighted by molar-refractivity contribution is -0.121. The van der Waals surface area contributed by atoms with Gasteiger partial charge in [-0.15, -0.1) is 0 Å². The van der Waals surface area contributed by atoms with Crippen molar-refractivity contribution in [1.29, 1.82) is 0 Å². The van der Waals surface area contributed by atoms with Crippen LogP contribution in [0.5, 0.6) is 0 Å². The van der Waals surface area contributed by atoms with Gasteiger partial charge in [-0.1, -0.05) is 15.9 Å². The molecule has 0 fully saturated rings. The number of nitrogens with zero attached hydrogens (tertiary/aromatic N) is 1. The third kappa shape index (κ3) is 3.45. The molecule has 1 amide bonds. The molecular weight excluding hydrogens is 326 g/mol. The van der Waals surface area contributed by atoms with Crippen LogP contribution in [-0.4, -0.2) is 21.5 Å². The Balaban J connectivity index is 2.19. The molecule has 2 N–H and O–H groups in total. The van der Waals surface area contributed by atoms with Gasteiger partial charge in [0.05, 0.1) is 11.0 Å². The first-order valence-corrected chi connectivity index (χ1v) is 7.35. The van der Waals surface area contributed by atoms with E-state index in [1.165, 1.54) is 0 Å². The molecule has 0 aliphatic rings. The molecule has 0 saturated carbocycles. The van der Waals surface area contributed by atoms with E-state index >= 15 is 0 Å².